The SMILES string of the molecule is NCc1sc2ccccc2c1CN1CCS(=O)(=O)CC1. The summed E-state index contributed by atoms with van der Waals surface area (Å²) in [6.45, 7) is 2.58. The van der Waals surface area contributed by atoms with Crippen molar-refractivity contribution in [3.63, 3.8) is 0 Å². The van der Waals surface area contributed by atoms with Gasteiger partial charge in [-0.05, 0) is 17.0 Å². The highest BCUT2D eigenvalue weighted by atomic mass is 32.2. The summed E-state index contributed by atoms with van der Waals surface area (Å²) < 4.78 is 24.2. The Morgan fingerprint density at radius 1 is 1.20 bits per heavy atom. The fourth-order valence-corrected chi connectivity index (χ4v) is 4.99. The van der Waals surface area contributed by atoms with E-state index in [0.29, 0.717) is 19.6 Å². The van der Waals surface area contributed by atoms with Crippen molar-refractivity contribution < 1.29 is 8.42 Å². The van der Waals surface area contributed by atoms with Crippen molar-refractivity contribution in [2.75, 3.05) is 24.6 Å². The molecule has 0 bridgehead atoms. The van der Waals surface area contributed by atoms with Crippen LogP contribution in [0.15, 0.2) is 24.3 Å². The lowest BCUT2D eigenvalue weighted by Crippen LogP contribution is -2.39. The van der Waals surface area contributed by atoms with Crippen molar-refractivity contribution >= 4 is 31.3 Å². The monoisotopic (exact) mass is 310 g/mol. The second kappa shape index (κ2) is 5.44. The summed E-state index contributed by atoms with van der Waals surface area (Å²) >= 11 is 1.74. The highest BCUT2D eigenvalue weighted by Gasteiger charge is 2.23. The molecule has 4 nitrogen and oxygen atoms in total. The van der Waals surface area contributed by atoms with E-state index < -0.39 is 9.84 Å². The Bertz CT molecular complexity index is 708. The first-order valence-electron chi connectivity index (χ1n) is 6.71. The van der Waals surface area contributed by atoms with Gasteiger partial charge in [-0.2, -0.15) is 0 Å². The first kappa shape index (κ1) is 14.0. The van der Waals surface area contributed by atoms with Gasteiger partial charge in [0, 0.05) is 35.8 Å². The molecule has 1 aromatic carbocycles. The largest absolute Gasteiger partial charge is 0.326 e. The fraction of sp³-hybridized carbons (Fsp3) is 0.429. The minimum absolute atomic E-state index is 0.271. The maximum atomic E-state index is 11.5. The molecule has 0 radical (unpaired) electrons. The quantitative estimate of drug-likeness (QED) is 0.935. The van der Waals surface area contributed by atoms with Gasteiger partial charge in [-0.25, -0.2) is 8.42 Å². The average Bonchev–Trinajstić information content (AvgIpc) is 2.79. The molecule has 20 heavy (non-hydrogen) atoms. The van der Waals surface area contributed by atoms with E-state index in [4.69, 9.17) is 5.73 Å². The zero-order valence-electron chi connectivity index (χ0n) is 11.2. The minimum Gasteiger partial charge on any atom is -0.326 e. The zero-order valence-corrected chi connectivity index (χ0v) is 12.8. The molecule has 0 spiro atoms. The second-order valence-electron chi connectivity index (χ2n) is 5.13. The Hall–Kier alpha value is -0.950. The van der Waals surface area contributed by atoms with E-state index in [0.717, 1.165) is 6.54 Å². The van der Waals surface area contributed by atoms with Gasteiger partial charge >= 0.3 is 0 Å². The fourth-order valence-electron chi connectivity index (χ4n) is 2.62. The molecule has 2 aromatic rings. The van der Waals surface area contributed by atoms with Crippen LogP contribution >= 0.6 is 11.3 Å². The normalized spacial score (nSPS) is 19.4. The third-order valence-corrected chi connectivity index (χ3v) is 6.63. The predicted molar refractivity (Wildman–Crippen MR) is 83.6 cm³/mol. The first-order valence-corrected chi connectivity index (χ1v) is 9.35. The Kier molecular flexibility index (Phi) is 3.81. The highest BCUT2D eigenvalue weighted by molar-refractivity contribution is 7.91. The van der Waals surface area contributed by atoms with Crippen LogP contribution in [0.4, 0.5) is 0 Å². The molecule has 0 atom stereocenters. The molecule has 0 aliphatic carbocycles. The summed E-state index contributed by atoms with van der Waals surface area (Å²) in [7, 11) is -2.82. The van der Waals surface area contributed by atoms with E-state index in [2.05, 4.69) is 17.0 Å². The van der Waals surface area contributed by atoms with Gasteiger partial charge in [0.2, 0.25) is 0 Å². The Morgan fingerprint density at radius 3 is 2.60 bits per heavy atom. The van der Waals surface area contributed by atoms with E-state index in [1.807, 2.05) is 12.1 Å². The smallest absolute Gasteiger partial charge is 0.152 e. The first-order chi connectivity index (χ1) is 9.59. The number of hydrogen-bond acceptors (Lipinski definition) is 5. The number of fused-ring (bicyclic) bond motifs is 1. The van der Waals surface area contributed by atoms with Crippen molar-refractivity contribution in [1.82, 2.24) is 4.90 Å². The molecule has 3 rings (SSSR count). The van der Waals surface area contributed by atoms with Crippen LogP contribution in [0, 0.1) is 0 Å². The Balaban J connectivity index is 1.87. The molecule has 6 heteroatoms. The summed E-state index contributed by atoms with van der Waals surface area (Å²) in [5, 5.41) is 1.26. The van der Waals surface area contributed by atoms with E-state index in [9.17, 15) is 8.42 Å². The molecule has 1 aromatic heterocycles. The summed E-state index contributed by atoms with van der Waals surface area (Å²) in [4.78, 5) is 3.42. The number of benzene rings is 1. The predicted octanol–water partition coefficient (Wildman–Crippen LogP) is 1.59. The van der Waals surface area contributed by atoms with E-state index >= 15 is 0 Å². The van der Waals surface area contributed by atoms with Crippen LogP contribution in [0.5, 0.6) is 0 Å². The molecule has 1 aliphatic rings. The Labute approximate surface area is 123 Å². The summed E-state index contributed by atoms with van der Waals surface area (Å²) in [6.07, 6.45) is 0. The molecule has 1 fully saturated rings. The maximum Gasteiger partial charge on any atom is 0.152 e. The van der Waals surface area contributed by atoms with Crippen LogP contribution in [-0.4, -0.2) is 37.9 Å². The molecule has 2 N–H and O–H groups in total. The van der Waals surface area contributed by atoms with Gasteiger partial charge in [0.25, 0.3) is 0 Å². The van der Waals surface area contributed by atoms with Crippen LogP contribution < -0.4 is 5.73 Å². The van der Waals surface area contributed by atoms with Crippen LogP contribution in [-0.2, 0) is 22.9 Å². The number of nitrogens with zero attached hydrogens (tertiary/aromatic N) is 1. The van der Waals surface area contributed by atoms with Gasteiger partial charge in [-0.3, -0.25) is 4.90 Å². The van der Waals surface area contributed by atoms with E-state index in [1.54, 1.807) is 11.3 Å². The average molecular weight is 310 g/mol. The lowest BCUT2D eigenvalue weighted by molar-refractivity contribution is 0.288. The van der Waals surface area contributed by atoms with Crippen LogP contribution in [0.25, 0.3) is 10.1 Å². The molecular formula is C14H18N2O2S2. The molecule has 0 saturated carbocycles. The van der Waals surface area contributed by atoms with Crippen LogP contribution in [0.1, 0.15) is 10.4 Å². The van der Waals surface area contributed by atoms with Gasteiger partial charge in [-0.1, -0.05) is 18.2 Å². The number of rotatable bonds is 3. The minimum atomic E-state index is -2.82. The number of nitrogens with two attached hydrogens (primary N) is 1. The van der Waals surface area contributed by atoms with Gasteiger partial charge in [0.15, 0.2) is 9.84 Å². The standard InChI is InChI=1S/C14H18N2O2S2/c15-9-14-12(11-3-1-2-4-13(11)19-14)10-16-5-7-20(17,18)8-6-16/h1-4H,5-10,15H2. The molecule has 2 heterocycles. The third kappa shape index (κ3) is 2.74. The topological polar surface area (TPSA) is 63.4 Å². The van der Waals surface area contributed by atoms with Crippen LogP contribution in [0.2, 0.25) is 0 Å². The summed E-state index contributed by atoms with van der Waals surface area (Å²) in [5.74, 6) is 0.542. The highest BCUT2D eigenvalue weighted by Crippen LogP contribution is 2.32. The molecule has 1 saturated heterocycles. The number of thiophene rings is 1. The summed E-state index contributed by atoms with van der Waals surface area (Å²) in [6, 6.07) is 8.32. The van der Waals surface area contributed by atoms with Crippen molar-refractivity contribution in [3.05, 3.63) is 34.7 Å². The van der Waals surface area contributed by atoms with Gasteiger partial charge < -0.3 is 5.73 Å². The van der Waals surface area contributed by atoms with Gasteiger partial charge in [0.1, 0.15) is 0 Å². The van der Waals surface area contributed by atoms with Gasteiger partial charge in [-0.15, -0.1) is 11.3 Å². The second-order valence-corrected chi connectivity index (χ2v) is 8.57. The third-order valence-electron chi connectivity index (χ3n) is 3.79. The molecular weight excluding hydrogens is 292 g/mol. The molecule has 0 unspecified atom stereocenters. The van der Waals surface area contributed by atoms with Crippen molar-refractivity contribution in [2.24, 2.45) is 5.73 Å². The van der Waals surface area contributed by atoms with E-state index in [-0.39, 0.29) is 11.5 Å². The number of sulfone groups is 1. The Morgan fingerprint density at radius 2 is 1.90 bits per heavy atom. The zero-order chi connectivity index (χ0) is 14.2. The van der Waals surface area contributed by atoms with Crippen molar-refractivity contribution in [1.29, 1.82) is 0 Å². The van der Waals surface area contributed by atoms with Crippen molar-refractivity contribution in [3.8, 4) is 0 Å². The van der Waals surface area contributed by atoms with Crippen LogP contribution in [0.3, 0.4) is 0 Å². The van der Waals surface area contributed by atoms with Crippen molar-refractivity contribution in [2.45, 2.75) is 13.1 Å². The molecule has 108 valence electrons. The lowest BCUT2D eigenvalue weighted by atomic mass is 10.1. The molecule has 1 aliphatic heterocycles. The van der Waals surface area contributed by atoms with Gasteiger partial charge in [0.05, 0.1) is 11.5 Å². The lowest BCUT2D eigenvalue weighted by Gasteiger charge is -2.26. The van der Waals surface area contributed by atoms with E-state index in [1.165, 1.54) is 20.5 Å². The molecule has 0 amide bonds. The number of hydrogen-bond donors (Lipinski definition) is 1. The maximum absolute atomic E-state index is 11.5. The summed E-state index contributed by atoms with van der Waals surface area (Å²) in [5.41, 5.74) is 7.13.